The maximum absolute atomic E-state index is 12.8. The van der Waals surface area contributed by atoms with Gasteiger partial charge in [0.05, 0.1) is 18.7 Å². The molecule has 2 aromatic carbocycles. The van der Waals surface area contributed by atoms with Crippen LogP contribution in [0.5, 0.6) is 0 Å². The summed E-state index contributed by atoms with van der Waals surface area (Å²) in [4.78, 5) is 74.7. The van der Waals surface area contributed by atoms with Gasteiger partial charge in [-0.2, -0.15) is 0 Å². The van der Waals surface area contributed by atoms with E-state index < -0.39 is 17.9 Å². The molecule has 218 valence electrons. The minimum absolute atomic E-state index is 0.00973. The normalized spacial score (nSPS) is 15.4. The molecule has 1 aliphatic heterocycles. The molecule has 1 saturated heterocycles. The van der Waals surface area contributed by atoms with E-state index in [9.17, 15) is 28.8 Å². The number of hydrogen-bond donors (Lipinski definition) is 3. The van der Waals surface area contributed by atoms with Crippen LogP contribution < -0.4 is 20.9 Å². The Balaban J connectivity index is 1.49. The predicted octanol–water partition coefficient (Wildman–Crippen LogP) is 2.48. The van der Waals surface area contributed by atoms with E-state index in [2.05, 4.69) is 16.0 Å². The fourth-order valence-corrected chi connectivity index (χ4v) is 4.34. The number of rotatable bonds is 12. The fraction of sp³-hybridized carbons (Fsp3) is 0.400. The van der Waals surface area contributed by atoms with E-state index in [0.29, 0.717) is 23.4 Å². The molecule has 2 atom stereocenters. The predicted molar refractivity (Wildman–Crippen MR) is 151 cm³/mol. The van der Waals surface area contributed by atoms with Gasteiger partial charge in [-0.1, -0.05) is 45.0 Å². The number of anilines is 2. The van der Waals surface area contributed by atoms with Crippen LogP contribution in [0.2, 0.25) is 0 Å². The van der Waals surface area contributed by atoms with E-state index in [1.165, 1.54) is 11.8 Å². The third kappa shape index (κ3) is 8.72. The highest BCUT2D eigenvalue weighted by Gasteiger charge is 2.38. The number of esters is 1. The van der Waals surface area contributed by atoms with E-state index in [-0.39, 0.29) is 61.5 Å². The Kier molecular flexibility index (Phi) is 10.7. The molecule has 0 bridgehead atoms. The van der Waals surface area contributed by atoms with Gasteiger partial charge < -0.3 is 20.7 Å². The SMILES string of the molecule is CCC1CC(=O)N(c2ccc(CC(=O)NC(C(=O)NCC(=O)Nc3ccc(COC(C)=O)cc3)C(C)C)cc2)C1=O. The van der Waals surface area contributed by atoms with Crippen LogP contribution >= 0.6 is 0 Å². The van der Waals surface area contributed by atoms with Crippen LogP contribution in [0, 0.1) is 11.8 Å². The summed E-state index contributed by atoms with van der Waals surface area (Å²) in [7, 11) is 0. The fourth-order valence-electron chi connectivity index (χ4n) is 4.34. The summed E-state index contributed by atoms with van der Waals surface area (Å²) >= 11 is 0. The molecule has 0 radical (unpaired) electrons. The summed E-state index contributed by atoms with van der Waals surface area (Å²) in [5.74, 6) is -2.70. The van der Waals surface area contributed by atoms with Gasteiger partial charge in [0.15, 0.2) is 0 Å². The number of benzene rings is 2. The zero-order chi connectivity index (χ0) is 30.1. The van der Waals surface area contributed by atoms with Gasteiger partial charge in [-0.25, -0.2) is 0 Å². The molecule has 0 spiro atoms. The third-order valence-electron chi connectivity index (χ3n) is 6.66. The molecule has 1 fully saturated rings. The Morgan fingerprint density at radius 1 is 0.951 bits per heavy atom. The Hall–Kier alpha value is -4.54. The van der Waals surface area contributed by atoms with E-state index in [1.54, 1.807) is 62.4 Å². The van der Waals surface area contributed by atoms with Crippen molar-refractivity contribution in [2.75, 3.05) is 16.8 Å². The molecule has 11 heteroatoms. The molecule has 2 aromatic rings. The van der Waals surface area contributed by atoms with Crippen molar-refractivity contribution in [1.29, 1.82) is 0 Å². The second-order valence-electron chi connectivity index (χ2n) is 10.3. The first-order valence-corrected chi connectivity index (χ1v) is 13.5. The number of amides is 5. The monoisotopic (exact) mass is 564 g/mol. The molecule has 2 unspecified atom stereocenters. The smallest absolute Gasteiger partial charge is 0.302 e. The van der Waals surface area contributed by atoms with Gasteiger partial charge in [0.25, 0.3) is 0 Å². The molecule has 41 heavy (non-hydrogen) atoms. The van der Waals surface area contributed by atoms with Crippen LogP contribution in [0.25, 0.3) is 0 Å². The van der Waals surface area contributed by atoms with Crippen molar-refractivity contribution >= 4 is 46.9 Å². The topological polar surface area (TPSA) is 151 Å². The lowest BCUT2D eigenvalue weighted by Gasteiger charge is -2.22. The quantitative estimate of drug-likeness (QED) is 0.265. The number of nitrogens with zero attached hydrogens (tertiary/aromatic N) is 1. The first-order chi connectivity index (χ1) is 19.5. The minimum atomic E-state index is -0.860. The zero-order valence-electron chi connectivity index (χ0n) is 23.7. The van der Waals surface area contributed by atoms with Gasteiger partial charge >= 0.3 is 5.97 Å². The Labute approximate surface area is 239 Å². The van der Waals surface area contributed by atoms with Crippen molar-refractivity contribution in [2.24, 2.45) is 11.8 Å². The Bertz CT molecular complexity index is 1290. The summed E-state index contributed by atoms with van der Waals surface area (Å²) < 4.78 is 4.93. The van der Waals surface area contributed by atoms with Gasteiger partial charge in [-0.15, -0.1) is 0 Å². The van der Waals surface area contributed by atoms with E-state index in [4.69, 9.17) is 4.74 Å². The van der Waals surface area contributed by atoms with Crippen LogP contribution in [0.3, 0.4) is 0 Å². The number of imide groups is 1. The second kappa shape index (κ2) is 14.2. The number of hydrogen-bond acceptors (Lipinski definition) is 7. The van der Waals surface area contributed by atoms with Crippen LogP contribution in [-0.2, 0) is 46.5 Å². The average molecular weight is 565 g/mol. The van der Waals surface area contributed by atoms with Crippen molar-refractivity contribution in [1.82, 2.24) is 10.6 Å². The average Bonchev–Trinajstić information content (AvgIpc) is 3.22. The third-order valence-corrected chi connectivity index (χ3v) is 6.66. The molecule has 1 aliphatic rings. The lowest BCUT2D eigenvalue weighted by molar-refractivity contribution is -0.142. The van der Waals surface area contributed by atoms with Gasteiger partial charge in [0, 0.05) is 24.9 Å². The van der Waals surface area contributed by atoms with Crippen molar-refractivity contribution < 1.29 is 33.5 Å². The maximum Gasteiger partial charge on any atom is 0.302 e. The van der Waals surface area contributed by atoms with E-state index >= 15 is 0 Å². The molecule has 0 aliphatic carbocycles. The highest BCUT2D eigenvalue weighted by atomic mass is 16.5. The molecule has 3 N–H and O–H groups in total. The highest BCUT2D eigenvalue weighted by molar-refractivity contribution is 6.20. The molecule has 3 rings (SSSR count). The summed E-state index contributed by atoms with van der Waals surface area (Å²) in [6.07, 6.45) is 0.790. The first-order valence-electron chi connectivity index (χ1n) is 13.5. The van der Waals surface area contributed by atoms with Crippen molar-refractivity contribution in [2.45, 2.75) is 59.6 Å². The molecule has 0 aromatic heterocycles. The Morgan fingerprint density at radius 2 is 1.59 bits per heavy atom. The summed E-state index contributed by atoms with van der Waals surface area (Å²) in [6, 6.07) is 12.5. The van der Waals surface area contributed by atoms with Crippen molar-refractivity contribution in [3.63, 3.8) is 0 Å². The second-order valence-corrected chi connectivity index (χ2v) is 10.3. The van der Waals surface area contributed by atoms with Crippen LogP contribution in [-0.4, -0.2) is 48.1 Å². The maximum atomic E-state index is 12.8. The van der Waals surface area contributed by atoms with Gasteiger partial charge in [-0.3, -0.25) is 33.7 Å². The number of ether oxygens (including phenoxy) is 1. The summed E-state index contributed by atoms with van der Waals surface area (Å²) in [5, 5.41) is 7.96. The van der Waals surface area contributed by atoms with Gasteiger partial charge in [-0.05, 0) is 47.7 Å². The molecule has 0 saturated carbocycles. The zero-order valence-corrected chi connectivity index (χ0v) is 23.7. The minimum Gasteiger partial charge on any atom is -0.461 e. The molecule has 1 heterocycles. The Morgan fingerprint density at radius 3 is 2.15 bits per heavy atom. The van der Waals surface area contributed by atoms with Crippen LogP contribution in [0.1, 0.15) is 51.7 Å². The molecular weight excluding hydrogens is 528 g/mol. The van der Waals surface area contributed by atoms with E-state index in [1.807, 2.05) is 6.92 Å². The number of nitrogens with one attached hydrogen (secondary N) is 3. The van der Waals surface area contributed by atoms with Gasteiger partial charge in [0.2, 0.25) is 29.5 Å². The molecule has 11 nitrogen and oxygen atoms in total. The van der Waals surface area contributed by atoms with E-state index in [0.717, 1.165) is 5.56 Å². The molecular formula is C30H36N4O7. The number of carbonyl (C=O) groups is 6. The molecule has 5 amide bonds. The summed E-state index contributed by atoms with van der Waals surface area (Å²) in [5.41, 5.74) is 2.40. The number of carbonyl (C=O) groups excluding carboxylic acids is 6. The lowest BCUT2D eigenvalue weighted by atomic mass is 10.0. The standard InChI is InChI=1S/C30H36N4O7/c1-5-22-15-27(38)34(30(22)40)24-12-8-20(9-13-24)14-25(36)33-28(18(2)3)29(39)31-16-26(37)32-23-10-6-21(7-11-23)17-41-19(4)35/h6-13,18,22,28H,5,14-17H2,1-4H3,(H,31,39)(H,32,37)(H,33,36). The van der Waals surface area contributed by atoms with Gasteiger partial charge in [0.1, 0.15) is 12.6 Å². The highest BCUT2D eigenvalue weighted by Crippen LogP contribution is 2.28. The van der Waals surface area contributed by atoms with Crippen molar-refractivity contribution in [3.8, 4) is 0 Å². The van der Waals surface area contributed by atoms with Crippen molar-refractivity contribution in [3.05, 3.63) is 59.7 Å². The summed E-state index contributed by atoms with van der Waals surface area (Å²) in [6.45, 7) is 6.60. The van der Waals surface area contributed by atoms with Crippen LogP contribution in [0.4, 0.5) is 11.4 Å². The van der Waals surface area contributed by atoms with Crippen LogP contribution in [0.15, 0.2) is 48.5 Å². The first kappa shape index (κ1) is 31.0. The largest absolute Gasteiger partial charge is 0.461 e. The lowest BCUT2D eigenvalue weighted by Crippen LogP contribution is -2.51.